The van der Waals surface area contributed by atoms with Crippen LogP contribution in [0.3, 0.4) is 0 Å². The molecule has 14 nitrogen and oxygen atoms in total. The molecule has 1 aliphatic heterocycles. The van der Waals surface area contributed by atoms with E-state index >= 15 is 0 Å². The van der Waals surface area contributed by atoms with E-state index in [1.54, 1.807) is 20.0 Å². The van der Waals surface area contributed by atoms with Crippen LogP contribution in [0.5, 0.6) is 0 Å². The second-order valence-electron chi connectivity index (χ2n) is 11.3. The molecular weight excluding hydrogens is 633 g/mol. The molecule has 8 N–H and O–H groups in total. The summed E-state index contributed by atoms with van der Waals surface area (Å²) in [6.07, 6.45) is 3.02. The smallest absolute Gasteiger partial charge is 0.244 e. The molecule has 0 saturated heterocycles. The van der Waals surface area contributed by atoms with Gasteiger partial charge in [-0.3, -0.25) is 28.8 Å². The fraction of sp³-hybridized carbons (Fsp3) is 0.500. The summed E-state index contributed by atoms with van der Waals surface area (Å²) in [6, 6.07) is 2.51. The van der Waals surface area contributed by atoms with Gasteiger partial charge >= 0.3 is 0 Å². The maximum Gasteiger partial charge on any atom is 0.244 e. The molecule has 1 aliphatic rings. The third-order valence-corrected chi connectivity index (χ3v) is 9.32. The maximum atomic E-state index is 13.5. The second-order valence-corrected chi connectivity index (χ2v) is 13.4. The average Bonchev–Trinajstić information content (AvgIpc) is 3.51. The van der Waals surface area contributed by atoms with Crippen LogP contribution < -0.4 is 32.3 Å². The molecule has 0 aliphatic carbocycles. The zero-order valence-electron chi connectivity index (χ0n) is 26.3. The number of aromatic nitrogens is 2. The molecule has 0 radical (unpaired) electrons. The number of primary amides is 1. The van der Waals surface area contributed by atoms with Gasteiger partial charge < -0.3 is 37.3 Å². The van der Waals surface area contributed by atoms with Gasteiger partial charge in [0.2, 0.25) is 35.4 Å². The van der Waals surface area contributed by atoms with Crippen molar-refractivity contribution >= 4 is 59.0 Å². The first-order valence-electron chi connectivity index (χ1n) is 14.8. The van der Waals surface area contributed by atoms with Crippen LogP contribution in [-0.4, -0.2) is 87.1 Å². The van der Waals surface area contributed by atoms with Crippen LogP contribution in [0.25, 0.3) is 0 Å². The molecule has 5 atom stereocenters. The number of carbonyl (C=O) groups is 6. The van der Waals surface area contributed by atoms with Gasteiger partial charge in [-0.2, -0.15) is 23.5 Å². The fourth-order valence-electron chi connectivity index (χ4n) is 4.58. The quantitative estimate of drug-likeness (QED) is 0.222. The molecule has 0 bridgehead atoms. The lowest BCUT2D eigenvalue weighted by molar-refractivity contribution is -0.135. The molecule has 6 amide bonds. The fourth-order valence-corrected chi connectivity index (χ4v) is 6.78. The topological polar surface area (TPSA) is 217 Å². The van der Waals surface area contributed by atoms with Crippen molar-refractivity contribution in [2.75, 3.05) is 11.5 Å². The third-order valence-electron chi connectivity index (χ3n) is 7.16. The highest BCUT2D eigenvalue weighted by Crippen LogP contribution is 2.22. The lowest BCUT2D eigenvalue weighted by atomic mass is 10.0. The van der Waals surface area contributed by atoms with Crippen molar-refractivity contribution in [3.05, 3.63) is 53.6 Å². The van der Waals surface area contributed by atoms with Crippen LogP contribution in [0.4, 0.5) is 0 Å². The first-order chi connectivity index (χ1) is 21.8. The summed E-state index contributed by atoms with van der Waals surface area (Å²) < 4.78 is 0. The van der Waals surface area contributed by atoms with E-state index in [0.717, 1.165) is 11.1 Å². The zero-order valence-corrected chi connectivity index (χ0v) is 27.9. The molecule has 0 spiro atoms. The number of nitrogens with one attached hydrogen (secondary N) is 6. The van der Waals surface area contributed by atoms with Gasteiger partial charge in [0.1, 0.15) is 30.2 Å². The minimum absolute atomic E-state index is 0.00587. The Bertz CT molecular complexity index is 1390. The predicted octanol–water partition coefficient (Wildman–Crippen LogP) is -0.262. The van der Waals surface area contributed by atoms with Crippen molar-refractivity contribution in [3.8, 4) is 0 Å². The number of carbonyl (C=O) groups excluding carboxylic acids is 6. The third kappa shape index (κ3) is 11.1. The van der Waals surface area contributed by atoms with Crippen LogP contribution in [-0.2, 0) is 46.7 Å². The van der Waals surface area contributed by atoms with Crippen LogP contribution in [0.15, 0.2) is 36.8 Å². The summed E-state index contributed by atoms with van der Waals surface area (Å²) in [4.78, 5) is 84.6. The predicted molar refractivity (Wildman–Crippen MR) is 176 cm³/mol. The lowest BCUT2D eigenvalue weighted by Gasteiger charge is -2.27. The van der Waals surface area contributed by atoms with Crippen LogP contribution in [0.2, 0.25) is 0 Å². The average molecular weight is 675 g/mol. The highest BCUT2D eigenvalue weighted by molar-refractivity contribution is 7.98. The molecule has 0 fully saturated rings. The first-order valence-corrected chi connectivity index (χ1v) is 17.1. The van der Waals surface area contributed by atoms with Crippen molar-refractivity contribution in [1.29, 1.82) is 0 Å². The number of aromatic amines is 1. The summed E-state index contributed by atoms with van der Waals surface area (Å²) in [5, 5.41) is 13.3. The van der Waals surface area contributed by atoms with Gasteiger partial charge in [-0.1, -0.05) is 38.1 Å². The molecule has 0 saturated carbocycles. The Balaban J connectivity index is 1.93. The number of nitrogens with two attached hydrogens (primary N) is 1. The molecule has 3 rings (SSSR count). The Kier molecular flexibility index (Phi) is 13.9. The molecular formula is C30H42N8O6S2. The van der Waals surface area contributed by atoms with E-state index < -0.39 is 65.7 Å². The number of hydrogen-bond donors (Lipinski definition) is 7. The Labute approximate surface area is 276 Å². The number of imidazole rings is 1. The summed E-state index contributed by atoms with van der Waals surface area (Å²) in [7, 11) is 0. The SMILES string of the molecule is CC(=O)NC1CSCc2ccccc2CSCC(C(N)=O)NC(=O)C(C(C)C)NC(=O)C(C)NC(=O)C(Cc2c[nH]cn2)NC1=O. The standard InChI is InChI=1S/C30H42N8O6S2/c1-16(2)25-30(44)37-23(26(31)40)13-45-11-19-7-5-6-8-20(19)12-46-14-24(35-18(4)39)29(43)36-22(9-21-10-32-15-33-21)28(42)34-17(3)27(41)38-25/h5-8,10,15-17,22-25H,9,11-14H2,1-4H3,(H2,31,40)(H,32,33)(H,34,42)(H,35,39)(H,36,43)(H,37,44)(H,38,41). The minimum atomic E-state index is -1.14. The van der Waals surface area contributed by atoms with Crippen molar-refractivity contribution in [3.63, 3.8) is 0 Å². The van der Waals surface area contributed by atoms with Crippen molar-refractivity contribution < 1.29 is 28.8 Å². The van der Waals surface area contributed by atoms with E-state index in [4.69, 9.17) is 5.73 Å². The second kappa shape index (κ2) is 17.6. The summed E-state index contributed by atoms with van der Waals surface area (Å²) in [6.45, 7) is 6.22. The number of nitrogens with zero attached hydrogens (tertiary/aromatic N) is 1. The number of thioether (sulfide) groups is 2. The molecule has 46 heavy (non-hydrogen) atoms. The molecule has 1 aromatic carbocycles. The normalized spacial score (nSPS) is 24.3. The van der Waals surface area contributed by atoms with Gasteiger partial charge in [0.05, 0.1) is 12.0 Å². The van der Waals surface area contributed by atoms with Crippen molar-refractivity contribution in [1.82, 2.24) is 36.6 Å². The summed E-state index contributed by atoms with van der Waals surface area (Å²) in [5.41, 5.74) is 8.11. The summed E-state index contributed by atoms with van der Waals surface area (Å²) >= 11 is 2.85. The largest absolute Gasteiger partial charge is 0.368 e. The molecule has 16 heteroatoms. The first kappa shape index (κ1) is 36.4. The van der Waals surface area contributed by atoms with Gasteiger partial charge in [0.15, 0.2) is 0 Å². The van der Waals surface area contributed by atoms with E-state index in [1.165, 1.54) is 43.7 Å². The van der Waals surface area contributed by atoms with E-state index in [0.29, 0.717) is 17.2 Å². The number of benzene rings is 1. The number of H-pyrrole nitrogens is 1. The minimum Gasteiger partial charge on any atom is -0.368 e. The number of amides is 6. The van der Waals surface area contributed by atoms with E-state index in [2.05, 4.69) is 36.6 Å². The van der Waals surface area contributed by atoms with Gasteiger partial charge in [-0.25, -0.2) is 4.98 Å². The number of hydrogen-bond acceptors (Lipinski definition) is 9. The van der Waals surface area contributed by atoms with E-state index in [9.17, 15) is 28.8 Å². The van der Waals surface area contributed by atoms with Gasteiger partial charge in [-0.15, -0.1) is 0 Å². The zero-order chi connectivity index (χ0) is 33.8. The molecule has 5 unspecified atom stereocenters. The lowest BCUT2D eigenvalue weighted by Crippen LogP contribution is -2.60. The maximum absolute atomic E-state index is 13.5. The van der Waals surface area contributed by atoms with Gasteiger partial charge in [-0.05, 0) is 24.0 Å². The van der Waals surface area contributed by atoms with E-state index in [-0.39, 0.29) is 23.8 Å². The van der Waals surface area contributed by atoms with Gasteiger partial charge in [0, 0.05) is 42.6 Å². The van der Waals surface area contributed by atoms with Crippen molar-refractivity contribution in [2.24, 2.45) is 11.7 Å². The highest BCUT2D eigenvalue weighted by atomic mass is 32.2. The summed E-state index contributed by atoms with van der Waals surface area (Å²) in [5.74, 6) is -2.47. The number of rotatable bonds is 5. The monoisotopic (exact) mass is 674 g/mol. The molecule has 2 aromatic rings. The highest BCUT2D eigenvalue weighted by Gasteiger charge is 2.32. The Morgan fingerprint density at radius 1 is 0.935 bits per heavy atom. The van der Waals surface area contributed by atoms with Crippen LogP contribution in [0.1, 0.15) is 44.5 Å². The van der Waals surface area contributed by atoms with Gasteiger partial charge in [0.25, 0.3) is 0 Å². The Morgan fingerprint density at radius 2 is 1.59 bits per heavy atom. The molecule has 250 valence electrons. The van der Waals surface area contributed by atoms with Crippen molar-refractivity contribution in [2.45, 2.75) is 75.8 Å². The Morgan fingerprint density at radius 3 is 2.15 bits per heavy atom. The van der Waals surface area contributed by atoms with Crippen LogP contribution in [0, 0.1) is 5.92 Å². The number of fused-ring (bicyclic) bond motifs is 1. The van der Waals surface area contributed by atoms with Crippen LogP contribution >= 0.6 is 23.5 Å². The Hall–Kier alpha value is -4.05. The molecule has 2 heterocycles. The molecule has 1 aromatic heterocycles. The van der Waals surface area contributed by atoms with E-state index in [1.807, 2.05) is 24.3 Å².